The SMILES string of the molecule is CN1CC(c2ccccc2Cl)N(CCN)C1=O. The van der Waals surface area contributed by atoms with E-state index in [2.05, 4.69) is 0 Å². The number of rotatable bonds is 3. The van der Waals surface area contributed by atoms with E-state index in [1.165, 1.54) is 0 Å². The molecule has 17 heavy (non-hydrogen) atoms. The van der Waals surface area contributed by atoms with Crippen molar-refractivity contribution in [3.63, 3.8) is 0 Å². The average Bonchev–Trinajstić information content (AvgIpc) is 2.58. The molecule has 4 nitrogen and oxygen atoms in total. The molecule has 1 unspecified atom stereocenters. The lowest BCUT2D eigenvalue weighted by Crippen LogP contribution is -2.34. The standard InChI is InChI=1S/C12H16ClN3O/c1-15-8-11(16(7-6-14)12(15)17)9-4-2-3-5-10(9)13/h2-5,11H,6-8,14H2,1H3. The molecule has 5 heteroatoms. The fraction of sp³-hybridized carbons (Fsp3) is 0.417. The van der Waals surface area contributed by atoms with Gasteiger partial charge in [0.25, 0.3) is 0 Å². The summed E-state index contributed by atoms with van der Waals surface area (Å²) < 4.78 is 0. The van der Waals surface area contributed by atoms with E-state index in [0.29, 0.717) is 24.7 Å². The highest BCUT2D eigenvalue weighted by molar-refractivity contribution is 6.31. The largest absolute Gasteiger partial charge is 0.329 e. The van der Waals surface area contributed by atoms with Crippen LogP contribution in [-0.4, -0.2) is 42.5 Å². The third-order valence-corrected chi connectivity index (χ3v) is 3.37. The summed E-state index contributed by atoms with van der Waals surface area (Å²) in [4.78, 5) is 15.4. The smallest absolute Gasteiger partial charge is 0.320 e. The predicted molar refractivity (Wildman–Crippen MR) is 68.0 cm³/mol. The number of hydrogen-bond donors (Lipinski definition) is 1. The lowest BCUT2D eigenvalue weighted by atomic mass is 10.1. The van der Waals surface area contributed by atoms with E-state index in [1.54, 1.807) is 16.8 Å². The van der Waals surface area contributed by atoms with Gasteiger partial charge in [-0.25, -0.2) is 4.79 Å². The summed E-state index contributed by atoms with van der Waals surface area (Å²) in [7, 11) is 1.79. The van der Waals surface area contributed by atoms with Crippen molar-refractivity contribution < 1.29 is 4.79 Å². The zero-order chi connectivity index (χ0) is 12.4. The van der Waals surface area contributed by atoms with Crippen molar-refractivity contribution in [3.8, 4) is 0 Å². The van der Waals surface area contributed by atoms with Gasteiger partial charge in [0, 0.05) is 31.7 Å². The molecule has 1 aromatic rings. The van der Waals surface area contributed by atoms with Gasteiger partial charge in [-0.05, 0) is 11.6 Å². The molecular formula is C12H16ClN3O. The van der Waals surface area contributed by atoms with Gasteiger partial charge in [-0.2, -0.15) is 0 Å². The van der Waals surface area contributed by atoms with Crippen LogP contribution in [0.4, 0.5) is 4.79 Å². The van der Waals surface area contributed by atoms with Crippen LogP contribution < -0.4 is 5.73 Å². The highest BCUT2D eigenvalue weighted by Crippen LogP contribution is 2.32. The molecule has 1 aliphatic heterocycles. The Labute approximate surface area is 106 Å². The summed E-state index contributed by atoms with van der Waals surface area (Å²) in [6.45, 7) is 1.67. The minimum Gasteiger partial charge on any atom is -0.329 e. The van der Waals surface area contributed by atoms with Crippen LogP contribution in [0.25, 0.3) is 0 Å². The van der Waals surface area contributed by atoms with Gasteiger partial charge in [0.1, 0.15) is 0 Å². The minimum atomic E-state index is 0.00440. The molecule has 2 rings (SSSR count). The number of nitrogens with two attached hydrogens (primary N) is 1. The Morgan fingerprint density at radius 3 is 2.82 bits per heavy atom. The van der Waals surface area contributed by atoms with E-state index < -0.39 is 0 Å². The van der Waals surface area contributed by atoms with Crippen molar-refractivity contribution in [3.05, 3.63) is 34.9 Å². The van der Waals surface area contributed by atoms with Gasteiger partial charge >= 0.3 is 6.03 Å². The van der Waals surface area contributed by atoms with Crippen molar-refractivity contribution in [1.29, 1.82) is 0 Å². The fourth-order valence-electron chi connectivity index (χ4n) is 2.19. The van der Waals surface area contributed by atoms with Gasteiger partial charge < -0.3 is 15.5 Å². The van der Waals surface area contributed by atoms with Crippen molar-refractivity contribution in [1.82, 2.24) is 9.80 Å². The van der Waals surface area contributed by atoms with E-state index in [1.807, 2.05) is 24.3 Å². The molecule has 1 fully saturated rings. The Hall–Kier alpha value is -1.26. The van der Waals surface area contributed by atoms with Crippen LogP contribution in [0.3, 0.4) is 0 Å². The highest BCUT2D eigenvalue weighted by Gasteiger charge is 2.36. The summed E-state index contributed by atoms with van der Waals surface area (Å²) in [5.74, 6) is 0. The number of hydrogen-bond acceptors (Lipinski definition) is 2. The maximum Gasteiger partial charge on any atom is 0.320 e. The molecule has 0 aliphatic carbocycles. The van der Waals surface area contributed by atoms with Gasteiger partial charge in [-0.3, -0.25) is 0 Å². The third-order valence-electron chi connectivity index (χ3n) is 3.03. The van der Waals surface area contributed by atoms with E-state index in [-0.39, 0.29) is 12.1 Å². The number of urea groups is 1. The van der Waals surface area contributed by atoms with Crippen LogP contribution in [0.2, 0.25) is 5.02 Å². The maximum absolute atomic E-state index is 11.9. The summed E-state index contributed by atoms with van der Waals surface area (Å²) >= 11 is 6.18. The van der Waals surface area contributed by atoms with Crippen LogP contribution in [-0.2, 0) is 0 Å². The second kappa shape index (κ2) is 4.94. The lowest BCUT2D eigenvalue weighted by Gasteiger charge is -2.23. The Kier molecular flexibility index (Phi) is 3.54. The zero-order valence-corrected chi connectivity index (χ0v) is 10.5. The quantitative estimate of drug-likeness (QED) is 0.892. The fourth-order valence-corrected chi connectivity index (χ4v) is 2.45. The number of nitrogens with zero attached hydrogens (tertiary/aromatic N) is 2. The van der Waals surface area contributed by atoms with E-state index in [9.17, 15) is 4.79 Å². The molecule has 1 heterocycles. The average molecular weight is 254 g/mol. The minimum absolute atomic E-state index is 0.00440. The summed E-state index contributed by atoms with van der Waals surface area (Å²) in [5, 5.41) is 0.697. The van der Waals surface area contributed by atoms with Crippen LogP contribution in [0.5, 0.6) is 0 Å². The number of halogens is 1. The lowest BCUT2D eigenvalue weighted by molar-refractivity contribution is 0.192. The van der Waals surface area contributed by atoms with Crippen LogP contribution in [0.15, 0.2) is 24.3 Å². The second-order valence-electron chi connectivity index (χ2n) is 4.18. The molecule has 1 aromatic carbocycles. The number of amides is 2. The van der Waals surface area contributed by atoms with E-state index in [0.717, 1.165) is 5.56 Å². The molecular weight excluding hydrogens is 238 g/mol. The van der Waals surface area contributed by atoms with E-state index >= 15 is 0 Å². The van der Waals surface area contributed by atoms with Crippen molar-refractivity contribution >= 4 is 17.6 Å². The van der Waals surface area contributed by atoms with Gasteiger partial charge in [0.15, 0.2) is 0 Å². The summed E-state index contributed by atoms with van der Waals surface area (Å²) in [6, 6.07) is 7.65. The molecule has 0 radical (unpaired) electrons. The summed E-state index contributed by atoms with van der Waals surface area (Å²) in [5.41, 5.74) is 6.54. The molecule has 1 atom stereocenters. The number of benzene rings is 1. The Morgan fingerprint density at radius 1 is 1.47 bits per heavy atom. The first-order chi connectivity index (χ1) is 8.15. The summed E-state index contributed by atoms with van der Waals surface area (Å²) in [6.07, 6.45) is 0. The Morgan fingerprint density at radius 2 is 2.18 bits per heavy atom. The molecule has 92 valence electrons. The van der Waals surface area contributed by atoms with E-state index in [4.69, 9.17) is 17.3 Å². The van der Waals surface area contributed by atoms with Crippen molar-refractivity contribution in [2.24, 2.45) is 5.73 Å². The first-order valence-corrected chi connectivity index (χ1v) is 5.99. The molecule has 0 bridgehead atoms. The molecule has 1 saturated heterocycles. The number of carbonyl (C=O) groups excluding carboxylic acids is 1. The second-order valence-corrected chi connectivity index (χ2v) is 4.59. The van der Waals surface area contributed by atoms with Crippen molar-refractivity contribution in [2.75, 3.05) is 26.7 Å². The molecule has 2 amide bonds. The van der Waals surface area contributed by atoms with Crippen molar-refractivity contribution in [2.45, 2.75) is 6.04 Å². The highest BCUT2D eigenvalue weighted by atomic mass is 35.5. The predicted octanol–water partition coefficient (Wildman–Crippen LogP) is 1.71. The number of likely N-dealkylation sites (N-methyl/N-ethyl adjacent to an activating group) is 1. The van der Waals surface area contributed by atoms with Gasteiger partial charge in [0.05, 0.1) is 6.04 Å². The molecule has 0 spiro atoms. The van der Waals surface area contributed by atoms with Gasteiger partial charge in [-0.15, -0.1) is 0 Å². The van der Waals surface area contributed by atoms with Crippen LogP contribution >= 0.6 is 11.6 Å². The van der Waals surface area contributed by atoms with Gasteiger partial charge in [0.2, 0.25) is 0 Å². The van der Waals surface area contributed by atoms with Crippen LogP contribution in [0, 0.1) is 0 Å². The number of carbonyl (C=O) groups is 1. The molecule has 2 N–H and O–H groups in total. The molecule has 1 aliphatic rings. The molecule has 0 aromatic heterocycles. The Balaban J connectivity index is 2.31. The molecule has 0 saturated carbocycles. The topological polar surface area (TPSA) is 49.6 Å². The van der Waals surface area contributed by atoms with Crippen LogP contribution in [0.1, 0.15) is 11.6 Å². The van der Waals surface area contributed by atoms with Gasteiger partial charge in [-0.1, -0.05) is 29.8 Å². The monoisotopic (exact) mass is 253 g/mol. The third kappa shape index (κ3) is 2.23. The normalized spacial score (nSPS) is 20.2. The first-order valence-electron chi connectivity index (χ1n) is 5.61. The zero-order valence-electron chi connectivity index (χ0n) is 9.77. The first kappa shape index (κ1) is 12.2. The maximum atomic E-state index is 11.9. The Bertz CT molecular complexity index is 424.